The predicted octanol–water partition coefficient (Wildman–Crippen LogP) is 2.24. The average molecular weight is 431 g/mol. The molecule has 0 fully saturated rings. The number of nitrogens with zero attached hydrogens (tertiary/aromatic N) is 1. The maximum Gasteiger partial charge on any atom is 0.407 e. The van der Waals surface area contributed by atoms with Gasteiger partial charge in [0, 0.05) is 19.3 Å². The van der Waals surface area contributed by atoms with Crippen LogP contribution in [0, 0.1) is 5.92 Å². The maximum absolute atomic E-state index is 12.5. The molecule has 3 amide bonds. The van der Waals surface area contributed by atoms with E-state index in [0.717, 1.165) is 5.70 Å². The molecule has 1 aliphatic heterocycles. The van der Waals surface area contributed by atoms with Crippen LogP contribution >= 0.6 is 11.8 Å². The molecular formula is C19H34N4O5S. The summed E-state index contributed by atoms with van der Waals surface area (Å²) in [5.41, 5.74) is 0.339. The number of amides is 3. The molecule has 10 heteroatoms. The number of carbonyl (C=O) groups is 3. The number of thioether (sulfide) groups is 1. The summed E-state index contributed by atoms with van der Waals surface area (Å²) >= 11 is 1.69. The lowest BCUT2D eigenvalue weighted by Gasteiger charge is -2.24. The first-order valence-electron chi connectivity index (χ1n) is 9.60. The van der Waals surface area contributed by atoms with Gasteiger partial charge in [-0.25, -0.2) is 14.4 Å². The summed E-state index contributed by atoms with van der Waals surface area (Å²) in [4.78, 5) is 37.7. The van der Waals surface area contributed by atoms with Crippen LogP contribution in [0.2, 0.25) is 0 Å². The molecule has 0 saturated heterocycles. The molecule has 0 aromatic rings. The molecule has 1 heterocycles. The molecule has 0 spiro atoms. The summed E-state index contributed by atoms with van der Waals surface area (Å²) in [6.07, 6.45) is -0.404. The normalized spacial score (nSPS) is 17.1. The number of urea groups is 1. The van der Waals surface area contributed by atoms with Gasteiger partial charge in [-0.05, 0) is 38.5 Å². The molecule has 2 atom stereocenters. The largest absolute Gasteiger partial charge is 0.467 e. The number of esters is 1. The summed E-state index contributed by atoms with van der Waals surface area (Å²) in [6.45, 7) is 10.1. The van der Waals surface area contributed by atoms with Crippen LogP contribution in [0.25, 0.3) is 0 Å². The van der Waals surface area contributed by atoms with Gasteiger partial charge in [-0.15, -0.1) is 11.8 Å². The average Bonchev–Trinajstić information content (AvgIpc) is 3.07. The minimum absolute atomic E-state index is 0.151. The number of alkyl carbamates (subject to hydrolysis) is 1. The number of hydrogen-bond donors (Lipinski definition) is 3. The topological polar surface area (TPSA) is 109 Å². The molecule has 3 N–H and O–H groups in total. The second-order valence-electron chi connectivity index (χ2n) is 8.19. The number of rotatable bonds is 8. The van der Waals surface area contributed by atoms with Crippen molar-refractivity contribution in [3.8, 4) is 0 Å². The van der Waals surface area contributed by atoms with E-state index in [-0.39, 0.29) is 13.0 Å². The Balaban J connectivity index is 2.51. The van der Waals surface area contributed by atoms with E-state index in [0.29, 0.717) is 17.8 Å². The molecule has 0 radical (unpaired) electrons. The van der Waals surface area contributed by atoms with Gasteiger partial charge >= 0.3 is 18.1 Å². The minimum atomic E-state index is -0.881. The fourth-order valence-electron chi connectivity index (χ4n) is 2.42. The summed E-state index contributed by atoms with van der Waals surface area (Å²) in [7, 11) is 2.90. The van der Waals surface area contributed by atoms with Gasteiger partial charge in [0.1, 0.15) is 11.6 Å². The lowest BCUT2D eigenvalue weighted by Crippen LogP contribution is -2.49. The van der Waals surface area contributed by atoms with E-state index in [9.17, 15) is 14.4 Å². The Labute approximate surface area is 177 Å². The lowest BCUT2D eigenvalue weighted by atomic mass is 10.2. The second kappa shape index (κ2) is 11.2. The summed E-state index contributed by atoms with van der Waals surface area (Å²) in [5.74, 6) is -0.111. The lowest BCUT2D eigenvalue weighted by molar-refractivity contribution is -0.143. The third kappa shape index (κ3) is 9.29. The Morgan fingerprint density at radius 1 is 1.31 bits per heavy atom. The van der Waals surface area contributed by atoms with Crippen LogP contribution in [-0.4, -0.2) is 67.3 Å². The molecule has 0 bridgehead atoms. The Hall–Kier alpha value is -2.10. The highest BCUT2D eigenvalue weighted by Gasteiger charge is 2.26. The first-order valence-corrected chi connectivity index (χ1v) is 10.5. The Bertz CT molecular complexity index is 618. The van der Waals surface area contributed by atoms with Crippen LogP contribution in [0.3, 0.4) is 0 Å². The van der Waals surface area contributed by atoms with Crippen molar-refractivity contribution in [2.24, 2.45) is 5.92 Å². The Morgan fingerprint density at radius 3 is 2.48 bits per heavy atom. The van der Waals surface area contributed by atoms with E-state index >= 15 is 0 Å². The van der Waals surface area contributed by atoms with E-state index in [1.54, 1.807) is 39.6 Å². The van der Waals surface area contributed by atoms with Gasteiger partial charge in [0.15, 0.2) is 0 Å². The molecule has 29 heavy (non-hydrogen) atoms. The summed E-state index contributed by atoms with van der Waals surface area (Å²) in [5, 5.41) is 10.9. The van der Waals surface area contributed by atoms with E-state index in [1.165, 1.54) is 12.0 Å². The summed E-state index contributed by atoms with van der Waals surface area (Å²) in [6, 6.07) is -1.29. The van der Waals surface area contributed by atoms with Gasteiger partial charge in [0.05, 0.1) is 19.0 Å². The van der Waals surface area contributed by atoms with Crippen LogP contribution in [0.1, 0.15) is 41.0 Å². The van der Waals surface area contributed by atoms with Gasteiger partial charge in [-0.2, -0.15) is 0 Å². The van der Waals surface area contributed by atoms with Crippen LogP contribution in [0.4, 0.5) is 9.59 Å². The van der Waals surface area contributed by atoms with Crippen molar-refractivity contribution < 1.29 is 23.9 Å². The quantitative estimate of drug-likeness (QED) is 0.507. The third-order valence-electron chi connectivity index (χ3n) is 3.93. The molecule has 1 unspecified atom stereocenters. The van der Waals surface area contributed by atoms with Gasteiger partial charge in [-0.3, -0.25) is 0 Å². The smallest absolute Gasteiger partial charge is 0.407 e. The molecule has 1 rings (SSSR count). The van der Waals surface area contributed by atoms with Crippen molar-refractivity contribution in [3.05, 3.63) is 11.1 Å². The molecule has 0 aromatic heterocycles. The number of likely N-dealkylation sites (N-methyl/N-ethyl adjacent to an activating group) is 1. The Morgan fingerprint density at radius 2 is 1.97 bits per heavy atom. The van der Waals surface area contributed by atoms with E-state index in [4.69, 9.17) is 9.47 Å². The zero-order valence-electron chi connectivity index (χ0n) is 18.3. The van der Waals surface area contributed by atoms with Crippen molar-refractivity contribution in [1.29, 1.82) is 0 Å². The third-order valence-corrected chi connectivity index (χ3v) is 5.30. The molecule has 1 aliphatic rings. The van der Waals surface area contributed by atoms with Gasteiger partial charge < -0.3 is 30.3 Å². The van der Waals surface area contributed by atoms with Crippen molar-refractivity contribution in [2.45, 2.75) is 58.1 Å². The van der Waals surface area contributed by atoms with E-state index in [2.05, 4.69) is 29.8 Å². The van der Waals surface area contributed by atoms with E-state index < -0.39 is 29.7 Å². The first-order chi connectivity index (χ1) is 13.4. The molecule has 0 aromatic carbocycles. The standard InChI is InChI=1S/C19H34N4O5S/c1-12(2)15-21-13(11-29-15)10-23(6)17(25)22-14(16(24)27-7)8-9-20-18(26)28-19(3,4)5/h11-12,14-15,21H,8-10H2,1-7H3,(H,20,26)(H,22,25)/t14-,15?/m0/s1. The number of nitrogens with one attached hydrogen (secondary N) is 3. The SMILES string of the molecule is COC(=O)[C@H](CCNC(=O)OC(C)(C)C)NC(=O)N(C)CC1=CSC(C(C)C)N1. The number of carbonyl (C=O) groups excluding carboxylic acids is 3. The van der Waals surface area contributed by atoms with Crippen molar-refractivity contribution >= 4 is 29.9 Å². The predicted molar refractivity (Wildman–Crippen MR) is 113 cm³/mol. The highest BCUT2D eigenvalue weighted by molar-refractivity contribution is 8.03. The van der Waals surface area contributed by atoms with Gasteiger partial charge in [-0.1, -0.05) is 13.8 Å². The molecule has 0 saturated carbocycles. The van der Waals surface area contributed by atoms with Crippen LogP contribution in [-0.2, 0) is 14.3 Å². The monoisotopic (exact) mass is 430 g/mol. The zero-order chi connectivity index (χ0) is 22.2. The highest BCUT2D eigenvalue weighted by atomic mass is 32.2. The van der Waals surface area contributed by atoms with Crippen molar-refractivity contribution in [3.63, 3.8) is 0 Å². The molecule has 0 aliphatic carbocycles. The first kappa shape index (κ1) is 24.9. The Kier molecular flexibility index (Phi) is 9.61. The maximum atomic E-state index is 12.5. The van der Waals surface area contributed by atoms with Gasteiger partial charge in [0.25, 0.3) is 0 Å². The van der Waals surface area contributed by atoms with E-state index in [1.807, 2.05) is 5.41 Å². The zero-order valence-corrected chi connectivity index (χ0v) is 19.1. The highest BCUT2D eigenvalue weighted by Crippen LogP contribution is 2.26. The summed E-state index contributed by atoms with van der Waals surface area (Å²) < 4.78 is 9.91. The van der Waals surface area contributed by atoms with Gasteiger partial charge in [0.2, 0.25) is 0 Å². The fourth-order valence-corrected chi connectivity index (χ4v) is 3.41. The number of hydrogen-bond acceptors (Lipinski definition) is 7. The van der Waals surface area contributed by atoms with Crippen LogP contribution < -0.4 is 16.0 Å². The molecule has 166 valence electrons. The molecule has 9 nitrogen and oxygen atoms in total. The minimum Gasteiger partial charge on any atom is -0.467 e. The van der Waals surface area contributed by atoms with Crippen LogP contribution in [0.5, 0.6) is 0 Å². The fraction of sp³-hybridized carbons (Fsp3) is 0.737. The number of ether oxygens (including phenoxy) is 2. The molecular weight excluding hydrogens is 396 g/mol. The second-order valence-corrected chi connectivity index (χ2v) is 9.20. The van der Waals surface area contributed by atoms with Crippen molar-refractivity contribution in [1.82, 2.24) is 20.9 Å². The van der Waals surface area contributed by atoms with Crippen LogP contribution in [0.15, 0.2) is 11.1 Å². The van der Waals surface area contributed by atoms with Crippen molar-refractivity contribution in [2.75, 3.05) is 27.2 Å². The number of methoxy groups -OCH3 is 1.